The summed E-state index contributed by atoms with van der Waals surface area (Å²) in [5, 5.41) is 0. The molecule has 2 aromatic rings. The minimum absolute atomic E-state index is 0.0912. The first kappa shape index (κ1) is 15.4. The number of benzene rings is 2. The lowest BCUT2D eigenvalue weighted by Gasteiger charge is -2.15. The molecule has 0 bridgehead atoms. The third-order valence-corrected chi connectivity index (χ3v) is 3.84. The van der Waals surface area contributed by atoms with E-state index in [9.17, 15) is 4.79 Å². The minimum Gasteiger partial charge on any atom is -0.490 e. The van der Waals surface area contributed by atoms with Crippen LogP contribution in [-0.2, 0) is 0 Å². The van der Waals surface area contributed by atoms with Crippen molar-refractivity contribution in [3.05, 3.63) is 60.2 Å². The van der Waals surface area contributed by atoms with E-state index in [2.05, 4.69) is 0 Å². The number of ether oxygens (including phenoxy) is 2. The number of hydrogen-bond donors (Lipinski definition) is 0. The van der Waals surface area contributed by atoms with E-state index < -0.39 is 0 Å². The van der Waals surface area contributed by atoms with E-state index in [1.54, 1.807) is 0 Å². The third kappa shape index (κ3) is 4.25. The Kier molecular flexibility index (Phi) is 5.14. The number of likely N-dealkylation sites (tertiary alicyclic amines) is 1. The summed E-state index contributed by atoms with van der Waals surface area (Å²) >= 11 is 0. The quantitative estimate of drug-likeness (QED) is 0.768. The molecule has 0 N–H and O–H groups in total. The molecule has 0 aromatic heterocycles. The van der Waals surface area contributed by atoms with Gasteiger partial charge in [0, 0.05) is 18.7 Å². The summed E-state index contributed by atoms with van der Waals surface area (Å²) in [5.74, 6) is 1.62. The lowest BCUT2D eigenvalue weighted by molar-refractivity contribution is 0.0792. The van der Waals surface area contributed by atoms with Gasteiger partial charge in [0.15, 0.2) is 0 Å². The summed E-state index contributed by atoms with van der Waals surface area (Å²) in [6.07, 6.45) is 2.19. The molecule has 0 unspecified atom stereocenters. The van der Waals surface area contributed by atoms with Crippen LogP contribution in [-0.4, -0.2) is 37.1 Å². The van der Waals surface area contributed by atoms with Gasteiger partial charge in [0.2, 0.25) is 0 Å². The predicted octanol–water partition coefficient (Wildman–Crippen LogP) is 3.38. The summed E-state index contributed by atoms with van der Waals surface area (Å²) in [7, 11) is 0. The Bertz CT molecular complexity index is 636. The fourth-order valence-electron chi connectivity index (χ4n) is 2.66. The molecule has 0 aliphatic carbocycles. The van der Waals surface area contributed by atoms with Crippen LogP contribution in [0.1, 0.15) is 23.2 Å². The Hall–Kier alpha value is -2.49. The maximum absolute atomic E-state index is 12.4. The van der Waals surface area contributed by atoms with E-state index in [-0.39, 0.29) is 5.91 Å². The molecule has 0 radical (unpaired) electrons. The summed E-state index contributed by atoms with van der Waals surface area (Å²) in [4.78, 5) is 14.3. The molecule has 2 aromatic carbocycles. The highest BCUT2D eigenvalue weighted by atomic mass is 16.5. The van der Waals surface area contributed by atoms with Crippen molar-refractivity contribution in [2.24, 2.45) is 0 Å². The molecule has 1 aliphatic rings. The zero-order valence-electron chi connectivity index (χ0n) is 13.1. The fraction of sp³-hybridized carbons (Fsp3) is 0.316. The zero-order chi connectivity index (χ0) is 15.9. The zero-order valence-corrected chi connectivity index (χ0v) is 13.1. The molecule has 3 rings (SSSR count). The Morgan fingerprint density at radius 3 is 2.26 bits per heavy atom. The molecule has 120 valence electrons. The van der Waals surface area contributed by atoms with Crippen LogP contribution in [0.3, 0.4) is 0 Å². The van der Waals surface area contributed by atoms with Crippen molar-refractivity contribution in [2.45, 2.75) is 12.8 Å². The van der Waals surface area contributed by atoms with Crippen LogP contribution >= 0.6 is 0 Å². The Labute approximate surface area is 136 Å². The van der Waals surface area contributed by atoms with Gasteiger partial charge in [-0.2, -0.15) is 0 Å². The summed E-state index contributed by atoms with van der Waals surface area (Å²) in [5.41, 5.74) is 0.688. The van der Waals surface area contributed by atoms with Gasteiger partial charge in [-0.25, -0.2) is 0 Å². The van der Waals surface area contributed by atoms with Crippen LogP contribution in [0.4, 0.5) is 0 Å². The van der Waals surface area contributed by atoms with Gasteiger partial charge < -0.3 is 14.4 Å². The second-order valence-corrected chi connectivity index (χ2v) is 5.54. The summed E-state index contributed by atoms with van der Waals surface area (Å²) in [6.45, 7) is 2.62. The van der Waals surface area contributed by atoms with Crippen LogP contribution in [0.5, 0.6) is 11.5 Å². The van der Waals surface area contributed by atoms with E-state index in [0.717, 1.165) is 31.7 Å². The molecule has 1 fully saturated rings. The average molecular weight is 311 g/mol. The maximum Gasteiger partial charge on any atom is 0.253 e. The molecule has 0 saturated carbocycles. The number of para-hydroxylation sites is 1. The molecule has 1 heterocycles. The van der Waals surface area contributed by atoms with Crippen LogP contribution in [0.2, 0.25) is 0 Å². The van der Waals surface area contributed by atoms with Crippen LogP contribution < -0.4 is 9.47 Å². The van der Waals surface area contributed by atoms with E-state index in [1.165, 1.54) is 0 Å². The van der Waals surface area contributed by atoms with Gasteiger partial charge in [0.05, 0.1) is 0 Å². The summed E-state index contributed by atoms with van der Waals surface area (Å²) < 4.78 is 11.3. The molecular weight excluding hydrogens is 290 g/mol. The van der Waals surface area contributed by atoms with Crippen molar-refractivity contribution in [1.82, 2.24) is 4.90 Å². The second kappa shape index (κ2) is 7.68. The van der Waals surface area contributed by atoms with Gasteiger partial charge in [-0.3, -0.25) is 4.79 Å². The second-order valence-electron chi connectivity index (χ2n) is 5.54. The monoisotopic (exact) mass is 311 g/mol. The van der Waals surface area contributed by atoms with Gasteiger partial charge in [-0.1, -0.05) is 24.3 Å². The van der Waals surface area contributed by atoms with E-state index in [0.29, 0.717) is 24.5 Å². The topological polar surface area (TPSA) is 38.8 Å². The smallest absolute Gasteiger partial charge is 0.253 e. The number of hydrogen-bond acceptors (Lipinski definition) is 3. The van der Waals surface area contributed by atoms with E-state index >= 15 is 0 Å². The van der Waals surface area contributed by atoms with Gasteiger partial charge in [0.25, 0.3) is 5.91 Å². The predicted molar refractivity (Wildman–Crippen MR) is 89.0 cm³/mol. The highest BCUT2D eigenvalue weighted by Crippen LogP contribution is 2.18. The molecule has 0 spiro atoms. The number of carbonyl (C=O) groups is 1. The van der Waals surface area contributed by atoms with Crippen LogP contribution in [0, 0.1) is 0 Å². The van der Waals surface area contributed by atoms with E-state index in [1.807, 2.05) is 59.5 Å². The maximum atomic E-state index is 12.4. The van der Waals surface area contributed by atoms with Crippen molar-refractivity contribution in [2.75, 3.05) is 26.3 Å². The highest BCUT2D eigenvalue weighted by Gasteiger charge is 2.19. The fourth-order valence-corrected chi connectivity index (χ4v) is 2.66. The number of carbonyl (C=O) groups excluding carboxylic acids is 1. The van der Waals surface area contributed by atoms with Crippen molar-refractivity contribution in [3.63, 3.8) is 0 Å². The van der Waals surface area contributed by atoms with Crippen LogP contribution in [0.25, 0.3) is 0 Å². The molecule has 23 heavy (non-hydrogen) atoms. The summed E-state index contributed by atoms with van der Waals surface area (Å²) in [6, 6.07) is 17.0. The van der Waals surface area contributed by atoms with Crippen LogP contribution in [0.15, 0.2) is 54.6 Å². The average Bonchev–Trinajstić information content (AvgIpc) is 3.14. The molecule has 0 atom stereocenters. The largest absolute Gasteiger partial charge is 0.490 e. The van der Waals surface area contributed by atoms with Gasteiger partial charge >= 0.3 is 0 Å². The Morgan fingerprint density at radius 2 is 1.52 bits per heavy atom. The first-order valence-electron chi connectivity index (χ1n) is 8.03. The lowest BCUT2D eigenvalue weighted by atomic mass is 10.2. The first-order chi connectivity index (χ1) is 11.3. The molecular formula is C19H21NO3. The third-order valence-electron chi connectivity index (χ3n) is 3.84. The Balaban J connectivity index is 1.50. The SMILES string of the molecule is O=C(c1cccc(OCCOc2ccccc2)c1)N1CCCC1. The number of amides is 1. The van der Waals surface area contributed by atoms with Crippen molar-refractivity contribution < 1.29 is 14.3 Å². The standard InChI is InChI=1S/C19H21NO3/c21-19(20-11-4-5-12-20)16-7-6-10-18(15-16)23-14-13-22-17-8-2-1-3-9-17/h1-3,6-10,15H,4-5,11-14H2. The number of rotatable bonds is 6. The Morgan fingerprint density at radius 1 is 0.870 bits per heavy atom. The van der Waals surface area contributed by atoms with Gasteiger partial charge in [-0.15, -0.1) is 0 Å². The first-order valence-corrected chi connectivity index (χ1v) is 8.03. The highest BCUT2D eigenvalue weighted by molar-refractivity contribution is 5.94. The molecule has 1 amide bonds. The molecule has 1 saturated heterocycles. The molecule has 1 aliphatic heterocycles. The number of nitrogens with zero attached hydrogens (tertiary/aromatic N) is 1. The van der Waals surface area contributed by atoms with Gasteiger partial charge in [0.1, 0.15) is 24.7 Å². The molecule has 4 nitrogen and oxygen atoms in total. The molecule has 4 heteroatoms. The van der Waals surface area contributed by atoms with E-state index in [4.69, 9.17) is 9.47 Å². The normalized spacial score (nSPS) is 13.8. The minimum atomic E-state index is 0.0912. The van der Waals surface area contributed by atoms with Gasteiger partial charge in [-0.05, 0) is 43.2 Å². The van der Waals surface area contributed by atoms with Crippen molar-refractivity contribution >= 4 is 5.91 Å². The lowest BCUT2D eigenvalue weighted by Crippen LogP contribution is -2.27. The van der Waals surface area contributed by atoms with Crippen molar-refractivity contribution in [1.29, 1.82) is 0 Å². The van der Waals surface area contributed by atoms with Crippen molar-refractivity contribution in [3.8, 4) is 11.5 Å².